The van der Waals surface area contributed by atoms with Crippen LogP contribution in [0.3, 0.4) is 0 Å². The van der Waals surface area contributed by atoms with Gasteiger partial charge in [-0.25, -0.2) is 4.68 Å². The number of aryl methyl sites for hydroxylation is 1. The molecule has 0 aliphatic heterocycles. The summed E-state index contributed by atoms with van der Waals surface area (Å²) in [4.78, 5) is 38.7. The average molecular weight is 497 g/mol. The van der Waals surface area contributed by atoms with E-state index in [1.165, 1.54) is 4.68 Å². The third-order valence-electron chi connectivity index (χ3n) is 5.91. The van der Waals surface area contributed by atoms with E-state index in [1.54, 1.807) is 24.3 Å². The van der Waals surface area contributed by atoms with E-state index in [-0.39, 0.29) is 17.2 Å². The van der Waals surface area contributed by atoms with Gasteiger partial charge >= 0.3 is 0 Å². The summed E-state index contributed by atoms with van der Waals surface area (Å²) in [6.45, 7) is 2.52. The molecule has 3 aromatic rings. The third-order valence-corrected chi connectivity index (χ3v) is 6.40. The zero-order chi connectivity index (χ0) is 22.7. The van der Waals surface area contributed by atoms with Gasteiger partial charge in [-0.1, -0.05) is 66.0 Å². The quantitative estimate of drug-likeness (QED) is 0.383. The highest BCUT2D eigenvalue weighted by atomic mass is 79.9. The molecule has 0 saturated heterocycles. The molecule has 2 amide bonds. The Bertz CT molecular complexity index is 1230. The minimum Gasteiger partial charge on any atom is -0.272 e. The molecule has 2 N–H and O–H groups in total. The summed E-state index contributed by atoms with van der Waals surface area (Å²) >= 11 is 3.44. The van der Waals surface area contributed by atoms with Crippen LogP contribution in [-0.2, 0) is 16.8 Å². The fourth-order valence-corrected chi connectivity index (χ4v) is 4.32. The van der Waals surface area contributed by atoms with Crippen molar-refractivity contribution in [2.75, 3.05) is 0 Å². The van der Waals surface area contributed by atoms with Gasteiger partial charge in [-0.15, -0.1) is 0 Å². The molecule has 0 unspecified atom stereocenters. The van der Waals surface area contributed by atoms with Crippen LogP contribution in [0.15, 0.2) is 57.8 Å². The number of unbranched alkanes of at least 4 members (excludes halogenated alkanes) is 2. The molecule has 1 aromatic heterocycles. The maximum Gasteiger partial charge on any atom is 0.290 e. The molecule has 1 saturated carbocycles. The van der Waals surface area contributed by atoms with Crippen molar-refractivity contribution in [3.05, 3.63) is 74.6 Å². The molecule has 1 fully saturated rings. The molecule has 4 rings (SSSR count). The number of benzene rings is 2. The van der Waals surface area contributed by atoms with E-state index < -0.39 is 11.3 Å². The van der Waals surface area contributed by atoms with Crippen LogP contribution in [0.2, 0.25) is 0 Å². The second-order valence-electron chi connectivity index (χ2n) is 8.13. The van der Waals surface area contributed by atoms with Crippen LogP contribution in [0.4, 0.5) is 0 Å². The fourth-order valence-electron chi connectivity index (χ4n) is 3.92. The van der Waals surface area contributed by atoms with Gasteiger partial charge in [0.1, 0.15) is 0 Å². The van der Waals surface area contributed by atoms with E-state index in [2.05, 4.69) is 38.8 Å². The van der Waals surface area contributed by atoms with Gasteiger partial charge in [-0.3, -0.25) is 25.2 Å². The summed E-state index contributed by atoms with van der Waals surface area (Å²) in [6, 6.07) is 14.5. The molecule has 32 heavy (non-hydrogen) atoms. The smallest absolute Gasteiger partial charge is 0.272 e. The van der Waals surface area contributed by atoms with Gasteiger partial charge < -0.3 is 0 Å². The first kappa shape index (κ1) is 22.2. The monoisotopic (exact) mass is 496 g/mol. The SMILES string of the molecule is CCCCCn1nc(C(=O)NNC(=O)C2(c3cccc(Br)c3)CC2)c2ccccc2c1=O. The van der Waals surface area contributed by atoms with Crippen LogP contribution in [-0.4, -0.2) is 21.6 Å². The molecule has 8 heteroatoms. The van der Waals surface area contributed by atoms with Crippen molar-refractivity contribution >= 4 is 38.5 Å². The van der Waals surface area contributed by atoms with Crippen molar-refractivity contribution < 1.29 is 9.59 Å². The summed E-state index contributed by atoms with van der Waals surface area (Å²) in [6.07, 6.45) is 4.22. The van der Waals surface area contributed by atoms with Gasteiger partial charge in [-0.2, -0.15) is 5.10 Å². The molecule has 0 bridgehead atoms. The van der Waals surface area contributed by atoms with Crippen molar-refractivity contribution in [1.29, 1.82) is 0 Å². The molecule has 0 atom stereocenters. The molecule has 1 aliphatic rings. The number of halogens is 1. The lowest BCUT2D eigenvalue weighted by molar-refractivity contribution is -0.124. The van der Waals surface area contributed by atoms with Crippen molar-refractivity contribution in [3.8, 4) is 0 Å². The number of hydrogen-bond acceptors (Lipinski definition) is 4. The van der Waals surface area contributed by atoms with E-state index in [9.17, 15) is 14.4 Å². The Hall–Kier alpha value is -3.00. The zero-order valence-corrected chi connectivity index (χ0v) is 19.4. The first-order valence-corrected chi connectivity index (χ1v) is 11.6. The third kappa shape index (κ3) is 4.32. The van der Waals surface area contributed by atoms with E-state index in [0.29, 0.717) is 30.2 Å². The Morgan fingerprint density at radius 2 is 1.81 bits per heavy atom. The van der Waals surface area contributed by atoms with Gasteiger partial charge in [0.15, 0.2) is 5.69 Å². The number of aromatic nitrogens is 2. The second-order valence-corrected chi connectivity index (χ2v) is 9.05. The topological polar surface area (TPSA) is 93.1 Å². The summed E-state index contributed by atoms with van der Waals surface area (Å²) in [5.74, 6) is -0.812. The molecule has 7 nitrogen and oxygen atoms in total. The molecular formula is C24H25BrN4O3. The number of amides is 2. The number of carbonyl (C=O) groups excluding carboxylic acids is 2. The number of fused-ring (bicyclic) bond motifs is 1. The Balaban J connectivity index is 1.55. The lowest BCUT2D eigenvalue weighted by Crippen LogP contribution is -2.47. The lowest BCUT2D eigenvalue weighted by atomic mass is 9.95. The van der Waals surface area contributed by atoms with Crippen LogP contribution in [0.5, 0.6) is 0 Å². The minimum absolute atomic E-state index is 0.115. The van der Waals surface area contributed by atoms with Crippen LogP contribution in [0.25, 0.3) is 10.8 Å². The number of nitrogens with zero attached hydrogens (tertiary/aromatic N) is 2. The van der Waals surface area contributed by atoms with Crippen molar-refractivity contribution in [2.45, 2.75) is 51.0 Å². The molecule has 0 spiro atoms. The zero-order valence-electron chi connectivity index (χ0n) is 17.9. The number of rotatable bonds is 7. The summed E-state index contributed by atoms with van der Waals surface area (Å²) < 4.78 is 2.25. The van der Waals surface area contributed by atoms with Crippen molar-refractivity contribution in [2.24, 2.45) is 0 Å². The van der Waals surface area contributed by atoms with Gasteiger partial charge in [-0.05, 0) is 43.0 Å². The first-order valence-electron chi connectivity index (χ1n) is 10.8. The maximum atomic E-state index is 13.0. The first-order chi connectivity index (χ1) is 15.5. The fraction of sp³-hybridized carbons (Fsp3) is 0.333. The molecule has 1 aliphatic carbocycles. The summed E-state index contributed by atoms with van der Waals surface area (Å²) in [5.41, 5.74) is 5.25. The Kier molecular flexibility index (Phi) is 6.41. The van der Waals surface area contributed by atoms with Gasteiger partial charge in [0.2, 0.25) is 5.91 Å². The second kappa shape index (κ2) is 9.24. The number of hydrogen-bond donors (Lipinski definition) is 2. The molecule has 1 heterocycles. The van der Waals surface area contributed by atoms with Crippen LogP contribution in [0.1, 0.15) is 55.1 Å². The standard InChI is InChI=1S/C24H25BrN4O3/c1-2-3-6-14-29-22(31)19-11-5-4-10-18(19)20(28-29)21(30)26-27-23(32)24(12-13-24)16-8-7-9-17(25)15-16/h4-5,7-11,15H,2-3,6,12-14H2,1H3,(H,26,30)(H,27,32). The van der Waals surface area contributed by atoms with Gasteiger partial charge in [0, 0.05) is 16.4 Å². The van der Waals surface area contributed by atoms with E-state index in [0.717, 1.165) is 29.3 Å². The predicted molar refractivity (Wildman–Crippen MR) is 126 cm³/mol. The molecular weight excluding hydrogens is 472 g/mol. The molecule has 166 valence electrons. The van der Waals surface area contributed by atoms with Crippen LogP contribution >= 0.6 is 15.9 Å². The highest BCUT2D eigenvalue weighted by molar-refractivity contribution is 9.10. The van der Waals surface area contributed by atoms with Gasteiger partial charge in [0.05, 0.1) is 10.8 Å². The van der Waals surface area contributed by atoms with Crippen molar-refractivity contribution in [3.63, 3.8) is 0 Å². The largest absolute Gasteiger partial charge is 0.290 e. The molecule has 0 radical (unpaired) electrons. The Labute approximate surface area is 194 Å². The average Bonchev–Trinajstić information content (AvgIpc) is 3.61. The van der Waals surface area contributed by atoms with E-state index in [1.807, 2.05) is 24.3 Å². The van der Waals surface area contributed by atoms with E-state index in [4.69, 9.17) is 0 Å². The normalized spacial score (nSPS) is 14.2. The predicted octanol–water partition coefficient (Wildman–Crippen LogP) is 3.84. The number of hydrazine groups is 1. The highest BCUT2D eigenvalue weighted by Crippen LogP contribution is 2.48. The molecule has 2 aromatic carbocycles. The Morgan fingerprint density at radius 3 is 2.50 bits per heavy atom. The van der Waals surface area contributed by atoms with E-state index >= 15 is 0 Å². The van der Waals surface area contributed by atoms with Crippen molar-refractivity contribution in [1.82, 2.24) is 20.6 Å². The highest BCUT2D eigenvalue weighted by Gasteiger charge is 2.51. The van der Waals surface area contributed by atoms with Crippen LogP contribution in [0, 0.1) is 0 Å². The maximum absolute atomic E-state index is 13.0. The Morgan fingerprint density at radius 1 is 1.06 bits per heavy atom. The minimum atomic E-state index is -0.633. The lowest BCUT2D eigenvalue weighted by Gasteiger charge is -2.17. The van der Waals surface area contributed by atoms with Crippen LogP contribution < -0.4 is 16.4 Å². The number of carbonyl (C=O) groups is 2. The summed E-state index contributed by atoms with van der Waals surface area (Å²) in [5, 5.41) is 5.23. The summed E-state index contributed by atoms with van der Waals surface area (Å²) in [7, 11) is 0. The number of nitrogens with one attached hydrogen (secondary N) is 2. The van der Waals surface area contributed by atoms with Gasteiger partial charge in [0.25, 0.3) is 11.5 Å².